The minimum absolute atomic E-state index is 0. The van der Waals surface area contributed by atoms with E-state index in [1.54, 1.807) is 0 Å². The molecule has 64 heavy (non-hydrogen) atoms. The molecule has 0 saturated heterocycles. The molecule has 9 aromatic carbocycles. The van der Waals surface area contributed by atoms with Crippen LogP contribution in [0.5, 0.6) is 0 Å². The zero-order valence-electron chi connectivity index (χ0n) is 34.5. The molecule has 1 aliphatic rings. The molecule has 5 nitrogen and oxygen atoms in total. The van der Waals surface area contributed by atoms with Gasteiger partial charge in [-0.1, -0.05) is 169 Å². The van der Waals surface area contributed by atoms with Crippen LogP contribution in [0.1, 0.15) is 0 Å². The van der Waals surface area contributed by atoms with E-state index in [0.717, 1.165) is 89.7 Å². The van der Waals surface area contributed by atoms with Crippen LogP contribution in [0.4, 0.5) is 39.8 Å². The molecule has 0 radical (unpaired) electrons. The molecule has 11 aromatic rings. The van der Waals surface area contributed by atoms with Gasteiger partial charge < -0.3 is 19.3 Å². The first-order chi connectivity index (χ1) is 31.3. The number of hydrogen-bond acceptors (Lipinski definition) is 4. The smallest absolute Gasteiger partial charge is 0.135 e. The molecule has 0 atom stereocenters. The maximum Gasteiger partial charge on any atom is 0.135 e. The Balaban J connectivity index is 0.00000456. The third-order valence-electron chi connectivity index (χ3n) is 12.0. The van der Waals surface area contributed by atoms with Crippen molar-refractivity contribution < 1.29 is 21.1 Å². The summed E-state index contributed by atoms with van der Waals surface area (Å²) in [5, 5.41) is 4.62. The number of nitrogens with zero attached hydrogens (tertiary/aromatic N) is 5. The number of anilines is 7. The number of benzene rings is 9. The predicted molar refractivity (Wildman–Crippen MR) is 261 cm³/mol. The van der Waals surface area contributed by atoms with E-state index < -0.39 is 0 Å². The summed E-state index contributed by atoms with van der Waals surface area (Å²) in [6, 6.07) is 84.8. The maximum atomic E-state index is 4.79. The normalized spacial score (nSPS) is 12.1. The minimum Gasteiger partial charge on any atom is -0.493 e. The predicted octanol–water partition coefficient (Wildman–Crippen LogP) is 15.1. The molecule has 3 heterocycles. The molecule has 12 rings (SSSR count). The van der Waals surface area contributed by atoms with Gasteiger partial charge in [0, 0.05) is 72.0 Å². The Hall–Kier alpha value is -7.72. The Kier molecular flexibility index (Phi) is 10.1. The standard InChI is InChI=1S/C58H38N5.Pt/c1-4-18-41(19-5-1)48-29-17-30-49(42-20-6-2-7-21-42)57(48)61-40-60(54-36-33-43-22-10-11-27-50(43)58(54)61)45-25-16-26-46(38-45)62(44-23-8-3-9-24-44)47-34-35-52-51-28-12-13-31-53(51)63(55(52)39-47)56-32-14-15-37-59-56;/h1-37,40H;/q-3;. The summed E-state index contributed by atoms with van der Waals surface area (Å²) in [5.74, 6) is 0.849. The fourth-order valence-electron chi connectivity index (χ4n) is 9.23. The van der Waals surface area contributed by atoms with Crippen LogP contribution in [-0.2, 0) is 21.1 Å². The zero-order valence-corrected chi connectivity index (χ0v) is 36.8. The van der Waals surface area contributed by atoms with E-state index in [0.29, 0.717) is 0 Å². The van der Waals surface area contributed by atoms with E-state index in [1.807, 2.05) is 18.3 Å². The molecule has 0 bridgehead atoms. The summed E-state index contributed by atoms with van der Waals surface area (Å²) < 4.78 is 2.21. The third kappa shape index (κ3) is 6.64. The van der Waals surface area contributed by atoms with Crippen molar-refractivity contribution in [3.05, 3.63) is 243 Å². The summed E-state index contributed by atoms with van der Waals surface area (Å²) in [6.07, 6.45) is 1.84. The first kappa shape index (κ1) is 39.1. The van der Waals surface area contributed by atoms with Gasteiger partial charge in [-0.05, 0) is 58.3 Å². The van der Waals surface area contributed by atoms with Crippen LogP contribution in [0.2, 0.25) is 0 Å². The Bertz CT molecular complexity index is 3390. The van der Waals surface area contributed by atoms with Crippen LogP contribution in [0.3, 0.4) is 0 Å². The minimum atomic E-state index is 0. The van der Waals surface area contributed by atoms with Crippen LogP contribution >= 0.6 is 0 Å². The molecule has 0 aliphatic carbocycles. The van der Waals surface area contributed by atoms with E-state index in [1.165, 1.54) is 10.8 Å². The summed E-state index contributed by atoms with van der Waals surface area (Å²) in [6.45, 7) is 2.25. The topological polar surface area (TPSA) is 27.5 Å². The van der Waals surface area contributed by atoms with Gasteiger partial charge in [0.05, 0.1) is 0 Å². The van der Waals surface area contributed by atoms with Gasteiger partial charge in [0.2, 0.25) is 0 Å². The number of hydrogen-bond donors (Lipinski definition) is 0. The van der Waals surface area contributed by atoms with Crippen LogP contribution < -0.4 is 14.7 Å². The van der Waals surface area contributed by atoms with Gasteiger partial charge in [0.1, 0.15) is 5.82 Å². The molecule has 0 unspecified atom stereocenters. The second-order valence-corrected chi connectivity index (χ2v) is 15.7. The first-order valence-electron chi connectivity index (χ1n) is 21.2. The van der Waals surface area contributed by atoms with Gasteiger partial charge in [0.25, 0.3) is 0 Å². The molecule has 2 aromatic heterocycles. The van der Waals surface area contributed by atoms with E-state index in [-0.39, 0.29) is 21.1 Å². The second kappa shape index (κ2) is 16.5. The number of para-hydroxylation sites is 3. The number of aromatic nitrogens is 2. The number of pyridine rings is 1. The van der Waals surface area contributed by atoms with Crippen molar-refractivity contribution in [2.24, 2.45) is 0 Å². The van der Waals surface area contributed by atoms with Gasteiger partial charge >= 0.3 is 0 Å². The van der Waals surface area contributed by atoms with Crippen molar-refractivity contribution in [1.82, 2.24) is 9.55 Å². The summed E-state index contributed by atoms with van der Waals surface area (Å²) >= 11 is 0. The van der Waals surface area contributed by atoms with Crippen molar-refractivity contribution >= 4 is 72.4 Å². The Morgan fingerprint density at radius 3 is 1.83 bits per heavy atom. The van der Waals surface area contributed by atoms with Gasteiger partial charge in [-0.3, -0.25) is 0 Å². The molecule has 0 spiro atoms. The molecule has 0 saturated carbocycles. The average molecular weight is 1000 g/mol. The fourth-order valence-corrected chi connectivity index (χ4v) is 9.23. The van der Waals surface area contributed by atoms with E-state index in [2.05, 4.69) is 244 Å². The molecular weight excluding hydrogens is 962 g/mol. The fraction of sp³-hybridized carbons (Fsp3) is 0. The van der Waals surface area contributed by atoms with Gasteiger partial charge in [-0.2, -0.15) is 12.1 Å². The van der Waals surface area contributed by atoms with Crippen molar-refractivity contribution in [3.63, 3.8) is 0 Å². The number of rotatable bonds is 8. The van der Waals surface area contributed by atoms with Crippen molar-refractivity contribution in [3.8, 4) is 28.1 Å². The summed E-state index contributed by atoms with van der Waals surface area (Å²) in [4.78, 5) is 11.7. The molecule has 0 amide bonds. The molecular formula is C58H38N5Pt-3. The van der Waals surface area contributed by atoms with E-state index in [4.69, 9.17) is 4.98 Å². The van der Waals surface area contributed by atoms with Crippen LogP contribution in [0, 0.1) is 18.8 Å². The van der Waals surface area contributed by atoms with E-state index >= 15 is 0 Å². The quantitative estimate of drug-likeness (QED) is 0.142. The van der Waals surface area contributed by atoms with E-state index in [9.17, 15) is 0 Å². The molecule has 0 fully saturated rings. The molecule has 0 N–H and O–H groups in total. The van der Waals surface area contributed by atoms with Crippen LogP contribution in [0.15, 0.2) is 225 Å². The average Bonchev–Trinajstić information content (AvgIpc) is 3.91. The SMILES string of the molecule is [Pt].[c-]1c(N2[CH-]N(c3c(-c4ccccc4)cccc3-c3ccccc3)c3c2ccc2ccccc32)cccc1N(c1[c-]c2c(cc1)c1ccccc1n2-c1ccccn1)c1ccccc1. The Morgan fingerprint density at radius 1 is 0.453 bits per heavy atom. The summed E-state index contributed by atoms with van der Waals surface area (Å²) in [5.41, 5.74) is 13.7. The van der Waals surface area contributed by atoms with Crippen LogP contribution in [-0.4, -0.2) is 9.55 Å². The Morgan fingerprint density at radius 2 is 1.09 bits per heavy atom. The van der Waals surface area contributed by atoms with Gasteiger partial charge in [0.15, 0.2) is 0 Å². The maximum absolute atomic E-state index is 4.79. The molecule has 6 heteroatoms. The largest absolute Gasteiger partial charge is 0.493 e. The zero-order chi connectivity index (χ0) is 41.7. The second-order valence-electron chi connectivity index (χ2n) is 15.7. The van der Waals surface area contributed by atoms with Crippen molar-refractivity contribution in [1.29, 1.82) is 0 Å². The summed E-state index contributed by atoms with van der Waals surface area (Å²) in [7, 11) is 0. The molecule has 1 aliphatic heterocycles. The molecule has 308 valence electrons. The van der Waals surface area contributed by atoms with Crippen molar-refractivity contribution in [2.45, 2.75) is 0 Å². The van der Waals surface area contributed by atoms with Gasteiger partial charge in [-0.15, -0.1) is 48.1 Å². The van der Waals surface area contributed by atoms with Crippen molar-refractivity contribution in [2.75, 3.05) is 14.7 Å². The monoisotopic (exact) mass is 999 g/mol. The number of fused-ring (bicyclic) bond motifs is 6. The van der Waals surface area contributed by atoms with Crippen LogP contribution in [0.25, 0.3) is 60.6 Å². The van der Waals surface area contributed by atoms with Gasteiger partial charge in [-0.25, -0.2) is 4.98 Å². The Labute approximate surface area is 387 Å². The third-order valence-corrected chi connectivity index (χ3v) is 12.0. The first-order valence-corrected chi connectivity index (χ1v) is 21.2.